The van der Waals surface area contributed by atoms with Gasteiger partial charge in [0.05, 0.1) is 11.6 Å². The highest BCUT2D eigenvalue weighted by Crippen LogP contribution is 2.43. The summed E-state index contributed by atoms with van der Waals surface area (Å²) in [6.07, 6.45) is 0. The Labute approximate surface area is 222 Å². The van der Waals surface area contributed by atoms with Crippen molar-refractivity contribution in [3.63, 3.8) is 0 Å². The van der Waals surface area contributed by atoms with Crippen LogP contribution >= 0.6 is 0 Å². The van der Waals surface area contributed by atoms with Crippen molar-refractivity contribution in [1.29, 1.82) is 0 Å². The average molecular weight is 510 g/mol. The smallest absolute Gasteiger partial charge is 0.294 e. The number of anilines is 3. The van der Waals surface area contributed by atoms with Gasteiger partial charge in [0, 0.05) is 49.6 Å². The molecule has 1 amide bonds. The zero-order valence-corrected chi connectivity index (χ0v) is 22.0. The lowest BCUT2D eigenvalue weighted by atomic mass is 9.94. The molecule has 0 radical (unpaired) electrons. The van der Waals surface area contributed by atoms with Crippen LogP contribution in [0, 0.1) is 0 Å². The first-order valence-corrected chi connectivity index (χ1v) is 12.8. The third kappa shape index (κ3) is 4.30. The maximum absolute atomic E-state index is 13.8. The number of carbonyl (C=O) groups is 2. The first kappa shape index (κ1) is 25.1. The number of hydrogen-bond donors (Lipinski definition) is 1. The van der Waals surface area contributed by atoms with Crippen LogP contribution in [0.1, 0.15) is 36.0 Å². The highest BCUT2D eigenvalue weighted by Gasteiger charge is 2.45. The summed E-state index contributed by atoms with van der Waals surface area (Å²) in [5.74, 6) is -1.63. The maximum Gasteiger partial charge on any atom is 0.294 e. The molecule has 0 aliphatic carbocycles. The normalized spacial score (nSPS) is 15.4. The number of nitrogens with zero attached hydrogens (tertiary/aromatic N) is 3. The number of aliphatic hydroxyl groups is 1. The number of amides is 1. The predicted octanol–water partition coefficient (Wildman–Crippen LogP) is 6.13. The van der Waals surface area contributed by atoms with E-state index in [0.29, 0.717) is 11.3 Å². The predicted molar refractivity (Wildman–Crippen MR) is 151 cm³/mol. The molecule has 7 nitrogen and oxygen atoms in total. The van der Waals surface area contributed by atoms with Crippen LogP contribution in [0.25, 0.3) is 11.0 Å². The average Bonchev–Trinajstić information content (AvgIpc) is 3.48. The Morgan fingerprint density at radius 2 is 1.55 bits per heavy atom. The molecule has 1 aliphatic heterocycles. The van der Waals surface area contributed by atoms with Crippen molar-refractivity contribution >= 4 is 39.7 Å². The lowest BCUT2D eigenvalue weighted by Crippen LogP contribution is -2.31. The first-order chi connectivity index (χ1) is 18.3. The number of hydrogen-bond acceptors (Lipinski definition) is 6. The molecule has 1 unspecified atom stereocenters. The second kappa shape index (κ2) is 10.1. The van der Waals surface area contributed by atoms with Gasteiger partial charge in [0.25, 0.3) is 5.91 Å². The number of para-hydroxylation sites is 1. The molecular weight excluding hydrogens is 478 g/mol. The van der Waals surface area contributed by atoms with E-state index in [1.54, 1.807) is 12.1 Å². The SMILES string of the molecule is CCN(CC)c1ccc(C2C(C(=O)c3cc4ccccc4o3)=C(O)C(=O)N2c2ccc(N(C)C)cc2)cc1. The van der Waals surface area contributed by atoms with E-state index in [9.17, 15) is 14.7 Å². The van der Waals surface area contributed by atoms with Gasteiger partial charge in [0.2, 0.25) is 5.78 Å². The minimum absolute atomic E-state index is 0.00123. The van der Waals surface area contributed by atoms with Gasteiger partial charge in [0.15, 0.2) is 11.5 Å². The van der Waals surface area contributed by atoms with Gasteiger partial charge in [-0.2, -0.15) is 0 Å². The first-order valence-electron chi connectivity index (χ1n) is 12.8. The lowest BCUT2D eigenvalue weighted by molar-refractivity contribution is -0.117. The Balaban J connectivity index is 1.61. The molecule has 1 N–H and O–H groups in total. The monoisotopic (exact) mass is 509 g/mol. The number of furan rings is 1. The van der Waals surface area contributed by atoms with Crippen molar-refractivity contribution in [2.75, 3.05) is 41.9 Å². The van der Waals surface area contributed by atoms with Crippen molar-refractivity contribution < 1.29 is 19.1 Å². The van der Waals surface area contributed by atoms with Crippen LogP contribution < -0.4 is 14.7 Å². The fourth-order valence-corrected chi connectivity index (χ4v) is 5.01. The Hall–Kier alpha value is -4.52. The molecule has 7 heteroatoms. The van der Waals surface area contributed by atoms with Crippen LogP contribution in [-0.2, 0) is 4.79 Å². The Bertz CT molecular complexity index is 1480. The Morgan fingerprint density at radius 3 is 2.16 bits per heavy atom. The molecule has 0 spiro atoms. The second-order valence-electron chi connectivity index (χ2n) is 9.49. The molecule has 1 aliphatic rings. The number of carbonyl (C=O) groups excluding carboxylic acids is 2. The Morgan fingerprint density at radius 1 is 0.921 bits per heavy atom. The molecular formula is C31H31N3O4. The van der Waals surface area contributed by atoms with E-state index in [1.807, 2.05) is 85.7 Å². The number of Topliss-reactive ketones (excluding diaryl/α,β-unsaturated/α-hetero) is 1. The zero-order chi connectivity index (χ0) is 27.0. The summed E-state index contributed by atoms with van der Waals surface area (Å²) < 4.78 is 5.84. The van der Waals surface area contributed by atoms with E-state index in [-0.39, 0.29) is 11.3 Å². The van der Waals surface area contributed by atoms with Gasteiger partial charge in [-0.05, 0) is 67.9 Å². The standard InChI is InChI=1S/C31H31N3O4/c1-5-33(6-2)23-13-11-20(12-14-23)28-27(29(35)26-19-21-9-7-8-10-25(21)38-26)30(36)31(37)34(28)24-17-15-22(16-18-24)32(3)4/h7-19,28,36H,5-6H2,1-4H3. The van der Waals surface area contributed by atoms with Crippen LogP contribution in [-0.4, -0.2) is 44.0 Å². The van der Waals surface area contributed by atoms with Gasteiger partial charge in [-0.1, -0.05) is 30.3 Å². The lowest BCUT2D eigenvalue weighted by Gasteiger charge is -2.28. The van der Waals surface area contributed by atoms with E-state index in [1.165, 1.54) is 4.90 Å². The highest BCUT2D eigenvalue weighted by molar-refractivity contribution is 6.20. The fraction of sp³-hybridized carbons (Fsp3) is 0.226. The van der Waals surface area contributed by atoms with Crippen molar-refractivity contribution in [3.05, 3.63) is 102 Å². The molecule has 38 heavy (non-hydrogen) atoms. The molecule has 0 bridgehead atoms. The largest absolute Gasteiger partial charge is 0.503 e. The summed E-state index contributed by atoms with van der Waals surface area (Å²) in [5, 5.41) is 11.9. The summed E-state index contributed by atoms with van der Waals surface area (Å²) in [7, 11) is 3.88. The number of ketones is 1. The van der Waals surface area contributed by atoms with Crippen LogP contribution in [0.2, 0.25) is 0 Å². The van der Waals surface area contributed by atoms with E-state index in [4.69, 9.17) is 4.42 Å². The van der Waals surface area contributed by atoms with E-state index in [2.05, 4.69) is 18.7 Å². The van der Waals surface area contributed by atoms with Crippen LogP contribution in [0.5, 0.6) is 0 Å². The van der Waals surface area contributed by atoms with E-state index < -0.39 is 23.5 Å². The molecule has 194 valence electrons. The minimum Gasteiger partial charge on any atom is -0.503 e. The fourth-order valence-electron chi connectivity index (χ4n) is 5.01. The highest BCUT2D eigenvalue weighted by atomic mass is 16.3. The quantitative estimate of drug-likeness (QED) is 0.288. The van der Waals surface area contributed by atoms with Gasteiger partial charge in [-0.25, -0.2) is 0 Å². The number of fused-ring (bicyclic) bond motifs is 1. The molecule has 0 saturated heterocycles. The van der Waals surface area contributed by atoms with Gasteiger partial charge in [-0.3, -0.25) is 14.5 Å². The van der Waals surface area contributed by atoms with Gasteiger partial charge >= 0.3 is 0 Å². The molecule has 2 heterocycles. The van der Waals surface area contributed by atoms with Crippen LogP contribution in [0.4, 0.5) is 17.1 Å². The topological polar surface area (TPSA) is 77.2 Å². The summed E-state index contributed by atoms with van der Waals surface area (Å²) in [4.78, 5) is 33.0. The molecule has 5 rings (SSSR count). The number of benzene rings is 3. The van der Waals surface area contributed by atoms with Gasteiger partial charge in [0.1, 0.15) is 5.58 Å². The third-order valence-corrected chi connectivity index (χ3v) is 7.08. The van der Waals surface area contributed by atoms with Crippen molar-refractivity contribution in [2.45, 2.75) is 19.9 Å². The number of aliphatic hydroxyl groups excluding tert-OH is 1. The second-order valence-corrected chi connectivity index (χ2v) is 9.49. The minimum atomic E-state index is -0.820. The molecule has 0 saturated carbocycles. The van der Waals surface area contributed by atoms with Crippen molar-refractivity contribution in [1.82, 2.24) is 0 Å². The summed E-state index contributed by atoms with van der Waals surface area (Å²) in [6, 6.07) is 23.4. The van der Waals surface area contributed by atoms with Crippen LogP contribution in [0.3, 0.4) is 0 Å². The summed E-state index contributed by atoms with van der Waals surface area (Å²) in [6.45, 7) is 5.91. The third-order valence-electron chi connectivity index (χ3n) is 7.08. The number of rotatable bonds is 8. The molecule has 3 aromatic carbocycles. The van der Waals surface area contributed by atoms with Gasteiger partial charge in [-0.15, -0.1) is 0 Å². The van der Waals surface area contributed by atoms with Crippen LogP contribution in [0.15, 0.2) is 94.6 Å². The van der Waals surface area contributed by atoms with Crippen molar-refractivity contribution in [3.8, 4) is 0 Å². The van der Waals surface area contributed by atoms with E-state index in [0.717, 1.165) is 35.4 Å². The van der Waals surface area contributed by atoms with E-state index >= 15 is 0 Å². The molecule has 1 atom stereocenters. The zero-order valence-electron chi connectivity index (χ0n) is 22.0. The Kier molecular flexibility index (Phi) is 6.68. The molecule has 1 aromatic heterocycles. The summed E-state index contributed by atoms with van der Waals surface area (Å²) >= 11 is 0. The maximum atomic E-state index is 13.8. The molecule has 0 fully saturated rings. The molecule has 4 aromatic rings. The van der Waals surface area contributed by atoms with Gasteiger partial charge < -0.3 is 19.3 Å². The van der Waals surface area contributed by atoms with Crippen molar-refractivity contribution in [2.24, 2.45) is 0 Å². The summed E-state index contributed by atoms with van der Waals surface area (Å²) in [5.41, 5.74) is 3.88.